The molecule has 1 aliphatic heterocycles. The fourth-order valence-corrected chi connectivity index (χ4v) is 3.55. The fourth-order valence-electron chi connectivity index (χ4n) is 3.55. The molecule has 2 aliphatic rings. The summed E-state index contributed by atoms with van der Waals surface area (Å²) in [6.07, 6.45) is 5.88. The van der Waals surface area contributed by atoms with Crippen LogP contribution in [0.25, 0.3) is 0 Å². The van der Waals surface area contributed by atoms with Crippen molar-refractivity contribution in [2.75, 3.05) is 14.2 Å². The van der Waals surface area contributed by atoms with Gasteiger partial charge in [0.25, 0.3) is 0 Å². The van der Waals surface area contributed by atoms with Crippen molar-refractivity contribution in [1.82, 2.24) is 4.90 Å². The minimum absolute atomic E-state index is 0.0682. The van der Waals surface area contributed by atoms with Crippen LogP contribution in [-0.2, 0) is 20.9 Å². The number of hydrogen-bond donors (Lipinski definition) is 0. The van der Waals surface area contributed by atoms with Gasteiger partial charge in [-0.2, -0.15) is 0 Å². The first kappa shape index (κ1) is 15.6. The first-order chi connectivity index (χ1) is 11.2. The van der Waals surface area contributed by atoms with E-state index in [9.17, 15) is 9.59 Å². The molecule has 1 aromatic rings. The molecule has 0 bridgehead atoms. The second kappa shape index (κ2) is 6.44. The van der Waals surface area contributed by atoms with Crippen LogP contribution in [0.1, 0.15) is 18.4 Å². The van der Waals surface area contributed by atoms with Gasteiger partial charge in [-0.25, -0.2) is 0 Å². The van der Waals surface area contributed by atoms with Gasteiger partial charge in [0.15, 0.2) is 0 Å². The number of nitrogens with zero attached hydrogens (tertiary/aromatic N) is 1. The van der Waals surface area contributed by atoms with Crippen LogP contribution in [0.3, 0.4) is 0 Å². The van der Waals surface area contributed by atoms with E-state index in [2.05, 4.69) is 6.08 Å². The Bertz CT molecular complexity index is 622. The van der Waals surface area contributed by atoms with Crippen molar-refractivity contribution >= 4 is 11.9 Å². The third kappa shape index (κ3) is 2.83. The Balaban J connectivity index is 1.84. The van der Waals surface area contributed by atoms with E-state index in [1.54, 1.807) is 7.11 Å². The summed E-state index contributed by atoms with van der Waals surface area (Å²) in [7, 11) is 2.96. The number of esters is 1. The van der Waals surface area contributed by atoms with E-state index >= 15 is 0 Å². The van der Waals surface area contributed by atoms with E-state index < -0.39 is 11.9 Å². The predicted molar refractivity (Wildman–Crippen MR) is 84.7 cm³/mol. The lowest BCUT2D eigenvalue weighted by atomic mass is 9.84. The van der Waals surface area contributed by atoms with E-state index in [0.717, 1.165) is 24.2 Å². The van der Waals surface area contributed by atoms with Crippen LogP contribution in [0.4, 0.5) is 0 Å². The molecule has 122 valence electrons. The maximum atomic E-state index is 12.8. The molecular weight excluding hydrogens is 294 g/mol. The summed E-state index contributed by atoms with van der Waals surface area (Å²) in [6, 6.07) is 7.73. The van der Waals surface area contributed by atoms with E-state index in [1.165, 1.54) is 7.11 Å². The van der Waals surface area contributed by atoms with Gasteiger partial charge in [-0.3, -0.25) is 9.59 Å². The van der Waals surface area contributed by atoms with Gasteiger partial charge >= 0.3 is 5.97 Å². The molecule has 1 amide bonds. The molecule has 0 radical (unpaired) electrons. The topological polar surface area (TPSA) is 55.8 Å². The highest BCUT2D eigenvalue weighted by Crippen LogP contribution is 2.39. The summed E-state index contributed by atoms with van der Waals surface area (Å²) < 4.78 is 10.0. The highest BCUT2D eigenvalue weighted by atomic mass is 16.5. The zero-order valence-electron chi connectivity index (χ0n) is 13.4. The number of rotatable bonds is 4. The van der Waals surface area contributed by atoms with Gasteiger partial charge in [-0.15, -0.1) is 0 Å². The lowest BCUT2D eigenvalue weighted by Crippen LogP contribution is -2.35. The second-order valence-corrected chi connectivity index (χ2v) is 5.97. The highest BCUT2D eigenvalue weighted by molar-refractivity contribution is 6.00. The average molecular weight is 315 g/mol. The van der Waals surface area contributed by atoms with Gasteiger partial charge < -0.3 is 14.4 Å². The van der Waals surface area contributed by atoms with Gasteiger partial charge in [-0.1, -0.05) is 24.3 Å². The van der Waals surface area contributed by atoms with Crippen LogP contribution in [0.5, 0.6) is 5.75 Å². The third-order valence-electron chi connectivity index (χ3n) is 4.73. The number of ether oxygens (including phenoxy) is 2. The molecular formula is C18H21NO4. The summed E-state index contributed by atoms with van der Waals surface area (Å²) in [5, 5.41) is 0. The largest absolute Gasteiger partial charge is 0.497 e. The summed E-state index contributed by atoms with van der Waals surface area (Å²) in [6.45, 7) is 0.505. The quantitative estimate of drug-likeness (QED) is 0.485. The summed E-state index contributed by atoms with van der Waals surface area (Å²) in [4.78, 5) is 26.6. The molecule has 5 nitrogen and oxygen atoms in total. The Morgan fingerprint density at radius 3 is 2.65 bits per heavy atom. The fraction of sp³-hybridized carbons (Fsp3) is 0.444. The number of carbonyl (C=O) groups excluding carboxylic acids is 2. The van der Waals surface area contributed by atoms with E-state index in [-0.39, 0.29) is 17.9 Å². The molecule has 0 unspecified atom stereocenters. The van der Waals surface area contributed by atoms with Crippen LogP contribution >= 0.6 is 0 Å². The summed E-state index contributed by atoms with van der Waals surface area (Å²) in [5.74, 6) is -0.572. The molecule has 0 aromatic heterocycles. The third-order valence-corrected chi connectivity index (χ3v) is 4.73. The maximum absolute atomic E-state index is 12.8. The SMILES string of the molecule is COC(=O)[C@H]1C(=O)N(Cc2ccc(OC)cc2)[C@@H]2CCC=C[C@H]12. The van der Waals surface area contributed by atoms with Crippen LogP contribution < -0.4 is 4.74 Å². The Morgan fingerprint density at radius 1 is 1.26 bits per heavy atom. The number of allylic oxidation sites excluding steroid dienone is 1. The number of benzene rings is 1. The molecule has 1 fully saturated rings. The lowest BCUT2D eigenvalue weighted by Gasteiger charge is -2.29. The average Bonchev–Trinajstić information content (AvgIpc) is 2.87. The van der Waals surface area contributed by atoms with E-state index in [0.29, 0.717) is 6.54 Å². The molecule has 0 N–H and O–H groups in total. The van der Waals surface area contributed by atoms with Crippen LogP contribution in [0, 0.1) is 11.8 Å². The molecule has 1 aromatic carbocycles. The van der Waals surface area contributed by atoms with Crippen molar-refractivity contribution in [3.63, 3.8) is 0 Å². The number of likely N-dealkylation sites (tertiary alicyclic amines) is 1. The predicted octanol–water partition coefficient (Wildman–Crippen LogP) is 2.16. The Labute approximate surface area is 135 Å². The van der Waals surface area contributed by atoms with Gasteiger partial charge in [0.05, 0.1) is 14.2 Å². The van der Waals surface area contributed by atoms with Crippen molar-refractivity contribution in [2.45, 2.75) is 25.4 Å². The van der Waals surface area contributed by atoms with E-state index in [4.69, 9.17) is 9.47 Å². The van der Waals surface area contributed by atoms with Crippen molar-refractivity contribution < 1.29 is 19.1 Å². The van der Waals surface area contributed by atoms with Crippen molar-refractivity contribution in [3.8, 4) is 5.75 Å². The molecule has 1 saturated heterocycles. The highest BCUT2D eigenvalue weighted by Gasteiger charge is 2.51. The van der Waals surface area contributed by atoms with Crippen LogP contribution in [-0.4, -0.2) is 37.0 Å². The number of methoxy groups -OCH3 is 2. The zero-order valence-corrected chi connectivity index (χ0v) is 13.4. The summed E-state index contributed by atoms with van der Waals surface area (Å²) in [5.41, 5.74) is 1.03. The maximum Gasteiger partial charge on any atom is 0.318 e. The van der Waals surface area contributed by atoms with Crippen molar-refractivity contribution in [3.05, 3.63) is 42.0 Å². The monoisotopic (exact) mass is 315 g/mol. The van der Waals surface area contributed by atoms with Gasteiger partial charge in [0.2, 0.25) is 5.91 Å². The Morgan fingerprint density at radius 2 is 2.00 bits per heavy atom. The molecule has 1 aliphatic carbocycles. The van der Waals surface area contributed by atoms with Crippen molar-refractivity contribution in [1.29, 1.82) is 0 Å². The normalized spacial score (nSPS) is 26.1. The van der Waals surface area contributed by atoms with Crippen molar-refractivity contribution in [2.24, 2.45) is 11.8 Å². The zero-order chi connectivity index (χ0) is 16.4. The molecule has 1 heterocycles. The molecule has 0 spiro atoms. The molecule has 3 atom stereocenters. The number of fused-ring (bicyclic) bond motifs is 1. The van der Waals surface area contributed by atoms with Gasteiger partial charge in [-0.05, 0) is 30.5 Å². The molecule has 5 heteroatoms. The number of hydrogen-bond acceptors (Lipinski definition) is 4. The van der Waals surface area contributed by atoms with Gasteiger partial charge in [0.1, 0.15) is 11.7 Å². The number of amides is 1. The first-order valence-corrected chi connectivity index (χ1v) is 7.83. The standard InChI is InChI=1S/C18H21NO4/c1-22-13-9-7-12(8-10-13)11-19-15-6-4-3-5-14(15)16(17(19)20)18(21)23-2/h3,5,7-10,14-16H,4,6,11H2,1-2H3/t14-,15+,16+/m0/s1. The first-order valence-electron chi connectivity index (χ1n) is 7.83. The Kier molecular flexibility index (Phi) is 4.37. The summed E-state index contributed by atoms with van der Waals surface area (Å²) >= 11 is 0. The minimum atomic E-state index is -0.709. The Hall–Kier alpha value is -2.30. The second-order valence-electron chi connectivity index (χ2n) is 5.97. The molecule has 3 rings (SSSR count). The van der Waals surface area contributed by atoms with E-state index in [1.807, 2.05) is 35.2 Å². The molecule has 0 saturated carbocycles. The van der Waals surface area contributed by atoms with Gasteiger partial charge in [0, 0.05) is 18.5 Å². The minimum Gasteiger partial charge on any atom is -0.497 e. The van der Waals surface area contributed by atoms with Crippen LogP contribution in [0.2, 0.25) is 0 Å². The lowest BCUT2D eigenvalue weighted by molar-refractivity contribution is -0.151. The number of carbonyl (C=O) groups is 2. The van der Waals surface area contributed by atoms with Crippen LogP contribution in [0.15, 0.2) is 36.4 Å². The molecule has 23 heavy (non-hydrogen) atoms. The smallest absolute Gasteiger partial charge is 0.318 e.